The number of phenolic OH excluding ortho intramolecular Hbond substituents is 1. The Labute approximate surface area is 220 Å². The molecule has 3 N–H and O–H groups in total. The first-order valence-corrected chi connectivity index (χ1v) is 13.1. The zero-order valence-electron chi connectivity index (χ0n) is 21.8. The summed E-state index contributed by atoms with van der Waals surface area (Å²) in [5.74, 6) is 6.08. The Balaban J connectivity index is 1.74. The number of carbonyl (C=O) groups excluding carboxylic acids is 1. The molecule has 1 amide bonds. The minimum atomic E-state index is -1.78. The van der Waals surface area contributed by atoms with Crippen LogP contribution < -0.4 is 0 Å². The molecule has 0 atom stereocenters. The molecule has 0 heterocycles. The topological polar surface area (TPSA) is 81.0 Å². The molecule has 0 aliphatic rings. The maximum atomic E-state index is 13.4. The van der Waals surface area contributed by atoms with Gasteiger partial charge in [0.25, 0.3) is 5.91 Å². The van der Waals surface area contributed by atoms with E-state index in [1.807, 2.05) is 24.3 Å². The molecular formula is C32H37NO4. The molecule has 3 aromatic rings. The summed E-state index contributed by atoms with van der Waals surface area (Å²) in [6.07, 6.45) is 4.53. The summed E-state index contributed by atoms with van der Waals surface area (Å²) in [6, 6.07) is 20.3. The van der Waals surface area contributed by atoms with Gasteiger partial charge in [-0.1, -0.05) is 69.6 Å². The van der Waals surface area contributed by atoms with Gasteiger partial charge in [0.15, 0.2) is 6.29 Å². The second kappa shape index (κ2) is 14.2. The standard InChI is InChI=1S/C32H37NO4/c1-3-5-6-7-21-33(23-27-17-20-30(34)29(22-27)32(36)37)31(35)28-18-15-26(16-19-28)14-13-25-11-9-24(8-4-2)10-12-25/h9-12,15-20,22,32,34,36-37H,3-8,21,23H2,1-2H3. The lowest BCUT2D eigenvalue weighted by molar-refractivity contribution is -0.0439. The van der Waals surface area contributed by atoms with Crippen LogP contribution in [-0.2, 0) is 13.0 Å². The van der Waals surface area contributed by atoms with E-state index in [0.29, 0.717) is 18.7 Å². The zero-order valence-corrected chi connectivity index (χ0v) is 21.8. The highest BCUT2D eigenvalue weighted by Gasteiger charge is 2.18. The molecule has 0 aliphatic heterocycles. The minimum Gasteiger partial charge on any atom is -0.507 e. The van der Waals surface area contributed by atoms with E-state index in [9.17, 15) is 20.1 Å². The smallest absolute Gasteiger partial charge is 0.254 e. The lowest BCUT2D eigenvalue weighted by Gasteiger charge is -2.24. The SMILES string of the molecule is CCCCCCN(Cc1ccc(O)c(C(O)O)c1)C(=O)c1ccc(C#Cc2ccc(CCC)cc2)cc1. The van der Waals surface area contributed by atoms with Crippen molar-refractivity contribution >= 4 is 5.91 Å². The van der Waals surface area contributed by atoms with Crippen LogP contribution in [0.15, 0.2) is 66.7 Å². The average molecular weight is 500 g/mol. The van der Waals surface area contributed by atoms with Crippen molar-refractivity contribution in [1.82, 2.24) is 4.90 Å². The minimum absolute atomic E-state index is 0.0267. The predicted octanol–water partition coefficient (Wildman–Crippen LogP) is 5.95. The number of nitrogens with zero attached hydrogens (tertiary/aromatic N) is 1. The Hall–Kier alpha value is -3.59. The van der Waals surface area contributed by atoms with Crippen molar-refractivity contribution in [3.63, 3.8) is 0 Å². The Bertz CT molecular complexity index is 1200. The van der Waals surface area contributed by atoms with E-state index in [4.69, 9.17) is 0 Å². The molecule has 0 fully saturated rings. The van der Waals surface area contributed by atoms with Crippen molar-refractivity contribution in [2.75, 3.05) is 6.54 Å². The monoisotopic (exact) mass is 499 g/mol. The number of phenols is 1. The number of hydrogen-bond acceptors (Lipinski definition) is 4. The van der Waals surface area contributed by atoms with Crippen LogP contribution in [0.1, 0.15) is 90.4 Å². The Kier molecular flexibility index (Phi) is 10.8. The molecule has 5 heteroatoms. The summed E-state index contributed by atoms with van der Waals surface area (Å²) < 4.78 is 0. The first-order valence-electron chi connectivity index (χ1n) is 13.1. The van der Waals surface area contributed by atoms with E-state index in [1.165, 1.54) is 17.7 Å². The molecular weight excluding hydrogens is 462 g/mol. The number of aromatic hydroxyl groups is 1. The number of unbranched alkanes of at least 4 members (excludes halogenated alkanes) is 3. The second-order valence-electron chi connectivity index (χ2n) is 9.33. The van der Waals surface area contributed by atoms with Crippen LogP contribution >= 0.6 is 0 Å². The van der Waals surface area contributed by atoms with Crippen molar-refractivity contribution in [1.29, 1.82) is 0 Å². The predicted molar refractivity (Wildman–Crippen MR) is 147 cm³/mol. The van der Waals surface area contributed by atoms with Gasteiger partial charge in [-0.2, -0.15) is 0 Å². The van der Waals surface area contributed by atoms with Crippen LogP contribution in [0.4, 0.5) is 0 Å². The summed E-state index contributed by atoms with van der Waals surface area (Å²) in [6.45, 7) is 5.21. The van der Waals surface area contributed by atoms with Crippen LogP contribution in [0.2, 0.25) is 0 Å². The van der Waals surface area contributed by atoms with Gasteiger partial charge in [-0.15, -0.1) is 0 Å². The Morgan fingerprint density at radius 2 is 1.43 bits per heavy atom. The highest BCUT2D eigenvalue weighted by molar-refractivity contribution is 5.94. The number of amides is 1. The number of hydrogen-bond donors (Lipinski definition) is 3. The number of carbonyl (C=O) groups is 1. The van der Waals surface area contributed by atoms with Crippen LogP contribution in [0, 0.1) is 11.8 Å². The number of rotatable bonds is 11. The van der Waals surface area contributed by atoms with E-state index in [1.54, 1.807) is 23.1 Å². The molecule has 0 unspecified atom stereocenters. The molecule has 0 aromatic heterocycles. The molecule has 0 saturated heterocycles. The molecule has 3 rings (SSSR count). The van der Waals surface area contributed by atoms with Crippen molar-refractivity contribution in [3.8, 4) is 17.6 Å². The van der Waals surface area contributed by atoms with Crippen LogP contribution in [0.5, 0.6) is 5.75 Å². The van der Waals surface area contributed by atoms with Crippen LogP contribution in [0.3, 0.4) is 0 Å². The van der Waals surface area contributed by atoms with E-state index in [2.05, 4.69) is 37.8 Å². The summed E-state index contributed by atoms with van der Waals surface area (Å²) in [5, 5.41) is 29.0. The van der Waals surface area contributed by atoms with E-state index >= 15 is 0 Å². The molecule has 0 bridgehead atoms. The third-order valence-electron chi connectivity index (χ3n) is 6.29. The molecule has 0 radical (unpaired) electrons. The van der Waals surface area contributed by atoms with Crippen molar-refractivity contribution in [2.45, 2.75) is 65.2 Å². The van der Waals surface area contributed by atoms with Gasteiger partial charge in [-0.05, 0) is 72.5 Å². The Morgan fingerprint density at radius 3 is 2.03 bits per heavy atom. The van der Waals surface area contributed by atoms with Crippen molar-refractivity contribution in [2.24, 2.45) is 0 Å². The van der Waals surface area contributed by atoms with Crippen LogP contribution in [0.25, 0.3) is 0 Å². The van der Waals surface area contributed by atoms with Gasteiger partial charge in [0.1, 0.15) is 5.75 Å². The zero-order chi connectivity index (χ0) is 26.6. The maximum Gasteiger partial charge on any atom is 0.254 e. The highest BCUT2D eigenvalue weighted by Crippen LogP contribution is 2.25. The number of aliphatic hydroxyl groups is 2. The lowest BCUT2D eigenvalue weighted by atomic mass is 10.1. The molecule has 194 valence electrons. The number of aliphatic hydroxyl groups excluding tert-OH is 1. The molecule has 0 spiro atoms. The fourth-order valence-electron chi connectivity index (χ4n) is 4.18. The normalized spacial score (nSPS) is 10.7. The summed E-state index contributed by atoms with van der Waals surface area (Å²) in [5.41, 5.74) is 4.43. The van der Waals surface area contributed by atoms with Gasteiger partial charge in [0.2, 0.25) is 0 Å². The van der Waals surface area contributed by atoms with E-state index in [0.717, 1.165) is 55.2 Å². The first kappa shape index (κ1) is 28.0. The summed E-state index contributed by atoms with van der Waals surface area (Å²) in [7, 11) is 0. The van der Waals surface area contributed by atoms with Crippen LogP contribution in [-0.4, -0.2) is 32.7 Å². The van der Waals surface area contributed by atoms with Gasteiger partial charge >= 0.3 is 0 Å². The fraction of sp³-hybridized carbons (Fsp3) is 0.344. The number of aryl methyl sites for hydroxylation is 1. The lowest BCUT2D eigenvalue weighted by Crippen LogP contribution is -2.31. The van der Waals surface area contributed by atoms with Gasteiger partial charge in [0.05, 0.1) is 0 Å². The summed E-state index contributed by atoms with van der Waals surface area (Å²) in [4.78, 5) is 15.2. The van der Waals surface area contributed by atoms with Gasteiger partial charge < -0.3 is 20.2 Å². The van der Waals surface area contributed by atoms with Crippen molar-refractivity contribution < 1.29 is 20.1 Å². The molecule has 0 aliphatic carbocycles. The van der Waals surface area contributed by atoms with Gasteiger partial charge in [0, 0.05) is 35.3 Å². The van der Waals surface area contributed by atoms with E-state index < -0.39 is 6.29 Å². The maximum absolute atomic E-state index is 13.4. The quantitative estimate of drug-likeness (QED) is 0.173. The second-order valence-corrected chi connectivity index (χ2v) is 9.33. The summed E-state index contributed by atoms with van der Waals surface area (Å²) >= 11 is 0. The molecule has 3 aromatic carbocycles. The molecule has 37 heavy (non-hydrogen) atoms. The van der Waals surface area contributed by atoms with E-state index in [-0.39, 0.29) is 17.2 Å². The highest BCUT2D eigenvalue weighted by atomic mass is 16.5. The largest absolute Gasteiger partial charge is 0.507 e. The third kappa shape index (κ3) is 8.49. The van der Waals surface area contributed by atoms with Gasteiger partial charge in [-0.25, -0.2) is 0 Å². The third-order valence-corrected chi connectivity index (χ3v) is 6.29. The average Bonchev–Trinajstić information content (AvgIpc) is 2.91. The fourth-order valence-corrected chi connectivity index (χ4v) is 4.18. The number of benzene rings is 3. The van der Waals surface area contributed by atoms with Gasteiger partial charge in [-0.3, -0.25) is 4.79 Å². The first-order chi connectivity index (χ1) is 17.9. The molecule has 5 nitrogen and oxygen atoms in total. The Morgan fingerprint density at radius 1 is 0.811 bits per heavy atom. The molecule has 0 saturated carbocycles. The van der Waals surface area contributed by atoms with Crippen molar-refractivity contribution in [3.05, 3.63) is 100 Å².